The van der Waals surface area contributed by atoms with E-state index in [1.165, 1.54) is 6.92 Å². The summed E-state index contributed by atoms with van der Waals surface area (Å²) in [5, 5.41) is 5.87. The van der Waals surface area contributed by atoms with Crippen molar-refractivity contribution in [3.8, 4) is 0 Å². The maximum Gasteiger partial charge on any atom is 0.221 e. The Kier molecular flexibility index (Phi) is 3.66. The minimum atomic E-state index is -0.106. The maximum absolute atomic E-state index is 11.0. The Morgan fingerprint density at radius 2 is 2.00 bits per heavy atom. The molecule has 0 unspecified atom stereocenters. The minimum Gasteiger partial charge on any atom is -0.396 e. The van der Waals surface area contributed by atoms with E-state index in [4.69, 9.17) is 5.73 Å². The molecule has 0 aliphatic heterocycles. The lowest BCUT2D eigenvalue weighted by atomic mass is 10.2. The van der Waals surface area contributed by atoms with E-state index in [0.29, 0.717) is 11.5 Å². The van der Waals surface area contributed by atoms with Gasteiger partial charge in [-0.15, -0.1) is 0 Å². The smallest absolute Gasteiger partial charge is 0.221 e. The second-order valence-electron chi connectivity index (χ2n) is 4.28. The number of amides is 1. The number of nitrogens with two attached hydrogens (primary N) is 1. The van der Waals surface area contributed by atoms with Gasteiger partial charge in [-0.2, -0.15) is 0 Å². The monoisotopic (exact) mass is 256 g/mol. The number of nitrogens with one attached hydrogen (secondary N) is 2. The molecule has 98 valence electrons. The second-order valence-corrected chi connectivity index (χ2v) is 4.28. The van der Waals surface area contributed by atoms with Crippen LogP contribution in [0.15, 0.2) is 36.5 Å². The van der Waals surface area contributed by atoms with Crippen molar-refractivity contribution < 1.29 is 4.79 Å². The average molecular weight is 256 g/mol. The van der Waals surface area contributed by atoms with E-state index in [1.807, 2.05) is 37.3 Å². The van der Waals surface area contributed by atoms with Gasteiger partial charge in [0.2, 0.25) is 5.91 Å². The van der Waals surface area contributed by atoms with Crippen LogP contribution in [0.4, 0.5) is 22.9 Å². The molecule has 0 bridgehead atoms. The van der Waals surface area contributed by atoms with Gasteiger partial charge in [0.1, 0.15) is 0 Å². The molecule has 5 nitrogen and oxygen atoms in total. The molecule has 0 saturated heterocycles. The third-order valence-electron chi connectivity index (χ3n) is 2.65. The van der Waals surface area contributed by atoms with Crippen molar-refractivity contribution in [1.82, 2.24) is 4.98 Å². The summed E-state index contributed by atoms with van der Waals surface area (Å²) in [6, 6.07) is 9.23. The van der Waals surface area contributed by atoms with E-state index in [-0.39, 0.29) is 5.91 Å². The molecule has 1 aromatic heterocycles. The SMILES string of the molecule is CC(=O)Nc1cccc(Nc2nccc(C)c2N)c1. The van der Waals surface area contributed by atoms with Crippen molar-refractivity contribution in [3.05, 3.63) is 42.1 Å². The summed E-state index contributed by atoms with van der Waals surface area (Å²) in [7, 11) is 0. The minimum absolute atomic E-state index is 0.106. The second kappa shape index (κ2) is 5.39. The number of benzene rings is 1. The Bertz CT molecular complexity index is 610. The van der Waals surface area contributed by atoms with E-state index in [1.54, 1.807) is 6.20 Å². The van der Waals surface area contributed by atoms with Crippen LogP contribution in [-0.2, 0) is 4.79 Å². The van der Waals surface area contributed by atoms with Crippen LogP contribution in [0.25, 0.3) is 0 Å². The summed E-state index contributed by atoms with van der Waals surface area (Å²) >= 11 is 0. The molecule has 0 aliphatic carbocycles. The summed E-state index contributed by atoms with van der Waals surface area (Å²) < 4.78 is 0. The van der Waals surface area contributed by atoms with Crippen molar-refractivity contribution in [3.63, 3.8) is 0 Å². The molecule has 0 fully saturated rings. The third kappa shape index (κ3) is 3.22. The molecule has 1 amide bonds. The van der Waals surface area contributed by atoms with Gasteiger partial charge in [0.05, 0.1) is 5.69 Å². The van der Waals surface area contributed by atoms with Crippen molar-refractivity contribution >= 4 is 28.8 Å². The maximum atomic E-state index is 11.0. The van der Waals surface area contributed by atoms with Crippen LogP contribution in [-0.4, -0.2) is 10.9 Å². The summed E-state index contributed by atoms with van der Waals surface area (Å²) in [5.41, 5.74) is 9.08. The Hall–Kier alpha value is -2.56. The number of nitrogens with zero attached hydrogens (tertiary/aromatic N) is 1. The van der Waals surface area contributed by atoms with Crippen molar-refractivity contribution in [2.75, 3.05) is 16.4 Å². The predicted molar refractivity (Wildman–Crippen MR) is 77.4 cm³/mol. The highest BCUT2D eigenvalue weighted by molar-refractivity contribution is 5.89. The zero-order valence-corrected chi connectivity index (χ0v) is 10.9. The number of anilines is 4. The van der Waals surface area contributed by atoms with Crippen LogP contribution in [0, 0.1) is 6.92 Å². The lowest BCUT2D eigenvalue weighted by Crippen LogP contribution is -2.06. The number of aryl methyl sites for hydroxylation is 1. The zero-order valence-electron chi connectivity index (χ0n) is 10.9. The quantitative estimate of drug-likeness (QED) is 0.788. The predicted octanol–water partition coefficient (Wildman–Crippen LogP) is 2.67. The molecule has 0 radical (unpaired) electrons. The standard InChI is InChI=1S/C14H16N4O/c1-9-6-7-16-14(13(9)15)18-12-5-3-4-11(8-12)17-10(2)19/h3-8H,15H2,1-2H3,(H,16,18)(H,17,19). The van der Waals surface area contributed by atoms with Gasteiger partial charge in [0, 0.05) is 24.5 Å². The van der Waals surface area contributed by atoms with E-state index < -0.39 is 0 Å². The van der Waals surface area contributed by atoms with Crippen molar-refractivity contribution in [2.45, 2.75) is 13.8 Å². The fraction of sp³-hybridized carbons (Fsp3) is 0.143. The first-order chi connectivity index (χ1) is 9.06. The lowest BCUT2D eigenvalue weighted by molar-refractivity contribution is -0.114. The average Bonchev–Trinajstić information content (AvgIpc) is 2.35. The number of pyridine rings is 1. The molecule has 19 heavy (non-hydrogen) atoms. The van der Waals surface area contributed by atoms with Gasteiger partial charge >= 0.3 is 0 Å². The van der Waals surface area contributed by atoms with Crippen LogP contribution < -0.4 is 16.4 Å². The Morgan fingerprint density at radius 1 is 1.26 bits per heavy atom. The zero-order chi connectivity index (χ0) is 13.8. The van der Waals surface area contributed by atoms with Crippen LogP contribution in [0.5, 0.6) is 0 Å². The number of carbonyl (C=O) groups excluding carboxylic acids is 1. The number of hydrogen-bond acceptors (Lipinski definition) is 4. The van der Waals surface area contributed by atoms with Gasteiger partial charge in [0.15, 0.2) is 5.82 Å². The Morgan fingerprint density at radius 3 is 2.74 bits per heavy atom. The highest BCUT2D eigenvalue weighted by Crippen LogP contribution is 2.24. The number of nitrogen functional groups attached to an aromatic ring is 1. The highest BCUT2D eigenvalue weighted by atomic mass is 16.1. The van der Waals surface area contributed by atoms with Gasteiger partial charge in [0.25, 0.3) is 0 Å². The fourth-order valence-corrected chi connectivity index (χ4v) is 1.68. The summed E-state index contributed by atoms with van der Waals surface area (Å²) in [6.07, 6.45) is 1.70. The molecule has 0 spiro atoms. The van der Waals surface area contributed by atoms with Crippen LogP contribution in [0.3, 0.4) is 0 Å². The molecular formula is C14H16N4O. The first kappa shape index (κ1) is 12.9. The van der Waals surface area contributed by atoms with Crippen molar-refractivity contribution in [1.29, 1.82) is 0 Å². The molecule has 0 atom stereocenters. The van der Waals surface area contributed by atoms with Gasteiger partial charge in [-0.1, -0.05) is 6.07 Å². The topological polar surface area (TPSA) is 80.0 Å². The first-order valence-electron chi connectivity index (χ1n) is 5.92. The molecule has 5 heteroatoms. The van der Waals surface area contributed by atoms with Crippen molar-refractivity contribution in [2.24, 2.45) is 0 Å². The summed E-state index contributed by atoms with van der Waals surface area (Å²) in [6.45, 7) is 3.40. The lowest BCUT2D eigenvalue weighted by Gasteiger charge is -2.11. The van der Waals surface area contributed by atoms with Gasteiger partial charge < -0.3 is 16.4 Å². The van der Waals surface area contributed by atoms with Crippen LogP contribution >= 0.6 is 0 Å². The van der Waals surface area contributed by atoms with E-state index in [9.17, 15) is 4.79 Å². The largest absolute Gasteiger partial charge is 0.396 e. The molecule has 1 aromatic carbocycles. The third-order valence-corrected chi connectivity index (χ3v) is 2.65. The van der Waals surface area contributed by atoms with E-state index in [0.717, 1.165) is 16.9 Å². The molecule has 4 N–H and O–H groups in total. The number of aromatic nitrogens is 1. The summed E-state index contributed by atoms with van der Waals surface area (Å²) in [4.78, 5) is 15.2. The molecule has 1 heterocycles. The van der Waals surface area contributed by atoms with E-state index >= 15 is 0 Å². The fourth-order valence-electron chi connectivity index (χ4n) is 1.68. The molecule has 0 aliphatic rings. The highest BCUT2D eigenvalue weighted by Gasteiger charge is 2.04. The molecule has 0 saturated carbocycles. The first-order valence-corrected chi connectivity index (χ1v) is 5.92. The van der Waals surface area contributed by atoms with Gasteiger partial charge in [-0.25, -0.2) is 4.98 Å². The van der Waals surface area contributed by atoms with Crippen LogP contribution in [0.1, 0.15) is 12.5 Å². The molecule has 2 aromatic rings. The van der Waals surface area contributed by atoms with Crippen LogP contribution in [0.2, 0.25) is 0 Å². The molecular weight excluding hydrogens is 240 g/mol. The number of rotatable bonds is 3. The normalized spacial score (nSPS) is 10.0. The van der Waals surface area contributed by atoms with E-state index in [2.05, 4.69) is 15.6 Å². The number of carbonyl (C=O) groups is 1. The van der Waals surface area contributed by atoms with Gasteiger partial charge in [-0.05, 0) is 36.8 Å². The Balaban J connectivity index is 2.23. The summed E-state index contributed by atoms with van der Waals surface area (Å²) in [5.74, 6) is 0.505. The Labute approximate surface area is 111 Å². The molecule has 2 rings (SSSR count). The van der Waals surface area contributed by atoms with Gasteiger partial charge in [-0.3, -0.25) is 4.79 Å². The number of hydrogen-bond donors (Lipinski definition) is 3.